The van der Waals surface area contributed by atoms with Gasteiger partial charge in [0.1, 0.15) is 10.6 Å². The lowest BCUT2D eigenvalue weighted by atomic mass is 9.88. The Bertz CT molecular complexity index is 815. The zero-order chi connectivity index (χ0) is 16.4. The van der Waals surface area contributed by atoms with Gasteiger partial charge in [0.15, 0.2) is 0 Å². The molecule has 1 atom stereocenters. The number of rotatable bonds is 4. The van der Waals surface area contributed by atoms with E-state index in [1.165, 1.54) is 12.7 Å². The molecule has 4 nitrogen and oxygen atoms in total. The highest BCUT2D eigenvalue weighted by Crippen LogP contribution is 2.32. The molecule has 5 heteroatoms. The summed E-state index contributed by atoms with van der Waals surface area (Å²) in [6.45, 7) is 1.87. The molecule has 122 valence electrons. The minimum absolute atomic E-state index is 0.185. The smallest absolute Gasteiger partial charge is 0.244 e. The summed E-state index contributed by atoms with van der Waals surface area (Å²) in [7, 11) is -2.16. The predicted molar refractivity (Wildman–Crippen MR) is 90.2 cm³/mol. The summed E-state index contributed by atoms with van der Waals surface area (Å²) in [5, 5.41) is 0. The average molecular weight is 331 g/mol. The number of aryl methyl sites for hydroxylation is 2. The summed E-state index contributed by atoms with van der Waals surface area (Å²) in [4.78, 5) is 0.197. The molecule has 0 bridgehead atoms. The molecule has 0 fully saturated rings. The largest absolute Gasteiger partial charge is 0.495 e. The maximum absolute atomic E-state index is 12.9. The van der Waals surface area contributed by atoms with Gasteiger partial charge in [0.25, 0.3) is 0 Å². The molecule has 2 aromatic rings. The summed E-state index contributed by atoms with van der Waals surface area (Å²) in [6.07, 6.45) is 2.79. The van der Waals surface area contributed by atoms with Crippen molar-refractivity contribution in [1.82, 2.24) is 4.72 Å². The van der Waals surface area contributed by atoms with Crippen molar-refractivity contribution in [3.63, 3.8) is 0 Å². The first-order chi connectivity index (χ1) is 11.0. The quantitative estimate of drug-likeness (QED) is 0.934. The Labute approximate surface area is 137 Å². The molecule has 0 spiro atoms. The molecule has 0 heterocycles. The zero-order valence-corrected chi connectivity index (χ0v) is 14.2. The van der Waals surface area contributed by atoms with Crippen molar-refractivity contribution in [3.8, 4) is 5.75 Å². The Morgan fingerprint density at radius 3 is 2.74 bits per heavy atom. The van der Waals surface area contributed by atoms with Crippen molar-refractivity contribution < 1.29 is 13.2 Å². The van der Waals surface area contributed by atoms with Crippen LogP contribution in [0.1, 0.15) is 35.6 Å². The fourth-order valence-electron chi connectivity index (χ4n) is 3.12. The standard InChI is InChI=1S/C18H21NO3S/c1-13-10-11-17(22-2)18(12-13)23(20,21)19-16-9-5-7-14-6-3-4-8-15(14)16/h3-4,6,8,10-12,16,19H,5,7,9H2,1-2H3/t16-/m0/s1. The molecule has 3 rings (SSSR count). The van der Waals surface area contributed by atoms with Crippen LogP contribution in [0.3, 0.4) is 0 Å². The average Bonchev–Trinajstić information content (AvgIpc) is 2.55. The first-order valence-corrected chi connectivity index (χ1v) is 9.24. The zero-order valence-electron chi connectivity index (χ0n) is 13.4. The Hall–Kier alpha value is -1.85. The first-order valence-electron chi connectivity index (χ1n) is 7.76. The number of ether oxygens (including phenoxy) is 1. The molecule has 2 aromatic carbocycles. The van der Waals surface area contributed by atoms with Crippen molar-refractivity contribution in [2.75, 3.05) is 7.11 Å². The summed E-state index contributed by atoms with van der Waals surface area (Å²) in [5.41, 5.74) is 3.19. The maximum Gasteiger partial charge on any atom is 0.244 e. The number of nitrogens with one attached hydrogen (secondary N) is 1. The third-order valence-electron chi connectivity index (χ3n) is 4.28. The lowest BCUT2D eigenvalue weighted by Gasteiger charge is -2.26. The van der Waals surface area contributed by atoms with Crippen molar-refractivity contribution >= 4 is 10.0 Å². The molecule has 1 aliphatic rings. The van der Waals surface area contributed by atoms with Crippen molar-refractivity contribution in [3.05, 3.63) is 59.2 Å². The van der Waals surface area contributed by atoms with Crippen LogP contribution in [-0.2, 0) is 16.4 Å². The van der Waals surface area contributed by atoms with E-state index in [1.54, 1.807) is 12.1 Å². The van der Waals surface area contributed by atoms with Gasteiger partial charge in [0.05, 0.1) is 7.11 Å². The normalized spacial score (nSPS) is 17.6. The summed E-state index contributed by atoms with van der Waals surface area (Å²) in [5.74, 6) is 0.368. The number of fused-ring (bicyclic) bond motifs is 1. The minimum Gasteiger partial charge on any atom is -0.495 e. The Morgan fingerprint density at radius 1 is 1.17 bits per heavy atom. The van der Waals surface area contributed by atoms with E-state index in [4.69, 9.17) is 4.74 Å². The van der Waals surface area contributed by atoms with E-state index in [1.807, 2.05) is 31.2 Å². The molecular weight excluding hydrogens is 310 g/mol. The van der Waals surface area contributed by atoms with Crippen LogP contribution in [0.2, 0.25) is 0 Å². The summed E-state index contributed by atoms with van der Waals surface area (Å²) >= 11 is 0. The Balaban J connectivity index is 1.96. The van der Waals surface area contributed by atoms with E-state index < -0.39 is 10.0 Å². The van der Waals surface area contributed by atoms with Crippen LogP contribution in [-0.4, -0.2) is 15.5 Å². The summed E-state index contributed by atoms with van der Waals surface area (Å²) in [6, 6.07) is 13.0. The molecular formula is C18H21NO3S. The minimum atomic E-state index is -3.64. The van der Waals surface area contributed by atoms with E-state index in [0.29, 0.717) is 5.75 Å². The highest BCUT2D eigenvalue weighted by molar-refractivity contribution is 7.89. The van der Waals surface area contributed by atoms with Gasteiger partial charge >= 0.3 is 0 Å². The van der Waals surface area contributed by atoms with E-state index >= 15 is 0 Å². The van der Waals surface area contributed by atoms with Gasteiger partial charge in [0, 0.05) is 6.04 Å². The second-order valence-corrected chi connectivity index (χ2v) is 7.60. The predicted octanol–water partition coefficient (Wildman–Crippen LogP) is 3.36. The molecule has 0 unspecified atom stereocenters. The van der Waals surface area contributed by atoms with Crippen LogP contribution in [0.4, 0.5) is 0 Å². The first kappa shape index (κ1) is 16.0. The van der Waals surface area contributed by atoms with Gasteiger partial charge in [-0.1, -0.05) is 30.3 Å². The molecule has 0 aromatic heterocycles. The van der Waals surface area contributed by atoms with Gasteiger partial charge in [-0.2, -0.15) is 0 Å². The van der Waals surface area contributed by atoms with E-state index in [9.17, 15) is 8.42 Å². The molecule has 1 aliphatic carbocycles. The molecule has 0 saturated carbocycles. The van der Waals surface area contributed by atoms with Crippen LogP contribution in [0.15, 0.2) is 47.4 Å². The monoisotopic (exact) mass is 331 g/mol. The van der Waals surface area contributed by atoms with E-state index in [-0.39, 0.29) is 10.9 Å². The van der Waals surface area contributed by atoms with E-state index in [0.717, 1.165) is 30.4 Å². The van der Waals surface area contributed by atoms with Gasteiger partial charge in [-0.3, -0.25) is 0 Å². The number of methoxy groups -OCH3 is 1. The van der Waals surface area contributed by atoms with Crippen molar-refractivity contribution in [2.24, 2.45) is 0 Å². The molecule has 0 radical (unpaired) electrons. The third kappa shape index (κ3) is 3.26. The molecule has 0 aliphatic heterocycles. The summed E-state index contributed by atoms with van der Waals surface area (Å²) < 4.78 is 33.8. The van der Waals surface area contributed by atoms with Crippen LogP contribution in [0.5, 0.6) is 5.75 Å². The number of hydrogen-bond acceptors (Lipinski definition) is 3. The molecule has 0 amide bonds. The van der Waals surface area contributed by atoms with Crippen molar-refractivity contribution in [2.45, 2.75) is 37.1 Å². The number of benzene rings is 2. The third-order valence-corrected chi connectivity index (χ3v) is 5.77. The highest BCUT2D eigenvalue weighted by Gasteiger charge is 2.27. The second kappa shape index (κ2) is 6.34. The highest BCUT2D eigenvalue weighted by atomic mass is 32.2. The lowest BCUT2D eigenvalue weighted by Crippen LogP contribution is -2.31. The van der Waals surface area contributed by atoms with Gasteiger partial charge in [-0.25, -0.2) is 13.1 Å². The fraction of sp³-hybridized carbons (Fsp3) is 0.333. The molecule has 1 N–H and O–H groups in total. The van der Waals surface area contributed by atoms with Gasteiger partial charge < -0.3 is 4.74 Å². The Morgan fingerprint density at radius 2 is 1.96 bits per heavy atom. The second-order valence-electron chi connectivity index (χ2n) is 5.92. The van der Waals surface area contributed by atoms with Crippen LogP contribution in [0, 0.1) is 6.92 Å². The topological polar surface area (TPSA) is 55.4 Å². The molecule has 0 saturated heterocycles. The van der Waals surface area contributed by atoms with Crippen LogP contribution >= 0.6 is 0 Å². The maximum atomic E-state index is 12.9. The fourth-order valence-corrected chi connectivity index (χ4v) is 4.62. The number of sulfonamides is 1. The van der Waals surface area contributed by atoms with Crippen LogP contribution in [0.25, 0.3) is 0 Å². The lowest BCUT2D eigenvalue weighted by molar-refractivity contribution is 0.401. The molecule has 23 heavy (non-hydrogen) atoms. The van der Waals surface area contributed by atoms with Gasteiger partial charge in [0.2, 0.25) is 10.0 Å². The number of hydrogen-bond donors (Lipinski definition) is 1. The Kier molecular flexibility index (Phi) is 4.41. The van der Waals surface area contributed by atoms with Crippen molar-refractivity contribution in [1.29, 1.82) is 0 Å². The SMILES string of the molecule is COc1ccc(C)cc1S(=O)(=O)N[C@H]1CCCc2ccccc21. The van der Waals surface area contributed by atoms with Crippen LogP contribution < -0.4 is 9.46 Å². The van der Waals surface area contributed by atoms with Gasteiger partial charge in [-0.05, 0) is 55.0 Å². The van der Waals surface area contributed by atoms with Gasteiger partial charge in [-0.15, -0.1) is 0 Å². The van der Waals surface area contributed by atoms with E-state index in [2.05, 4.69) is 10.8 Å².